The van der Waals surface area contributed by atoms with Crippen LogP contribution in [0.15, 0.2) is 21.6 Å². The Kier molecular flexibility index (Phi) is 3.83. The van der Waals surface area contributed by atoms with E-state index in [1.54, 1.807) is 13.0 Å². The highest BCUT2D eigenvalue weighted by Crippen LogP contribution is 2.28. The van der Waals surface area contributed by atoms with E-state index in [0.717, 1.165) is 4.31 Å². The van der Waals surface area contributed by atoms with Gasteiger partial charge in [0.1, 0.15) is 6.07 Å². The van der Waals surface area contributed by atoms with Gasteiger partial charge < -0.3 is 9.52 Å². The summed E-state index contributed by atoms with van der Waals surface area (Å²) in [5.74, 6) is -1.82. The van der Waals surface area contributed by atoms with E-state index < -0.39 is 21.9 Å². The van der Waals surface area contributed by atoms with Crippen LogP contribution in [0.1, 0.15) is 25.5 Å². The molecule has 1 aliphatic rings. The molecule has 1 saturated heterocycles. The highest BCUT2D eigenvalue weighted by molar-refractivity contribution is 7.89. The number of aliphatic carboxylic acids is 1. The Balaban J connectivity index is 2.32. The van der Waals surface area contributed by atoms with Crippen molar-refractivity contribution in [3.8, 4) is 6.07 Å². The lowest BCUT2D eigenvalue weighted by Crippen LogP contribution is -2.47. The Bertz CT molecular complexity index is 658. The van der Waals surface area contributed by atoms with E-state index in [1.165, 1.54) is 12.1 Å². The molecule has 0 radical (unpaired) electrons. The fourth-order valence-electron chi connectivity index (χ4n) is 2.25. The number of nitrogens with zero attached hydrogens (tertiary/aromatic N) is 2. The van der Waals surface area contributed by atoms with E-state index in [9.17, 15) is 13.2 Å². The second kappa shape index (κ2) is 5.26. The predicted octanol–water partition coefficient (Wildman–Crippen LogP) is 1.03. The number of carboxylic acids is 1. The highest BCUT2D eigenvalue weighted by atomic mass is 32.2. The zero-order chi connectivity index (χ0) is 14.9. The number of nitriles is 1. The molecule has 2 heterocycles. The van der Waals surface area contributed by atoms with Crippen molar-refractivity contribution < 1.29 is 22.7 Å². The normalized spacial score (nSPS) is 24.2. The molecule has 1 aromatic heterocycles. The molecule has 0 aromatic carbocycles. The van der Waals surface area contributed by atoms with Crippen molar-refractivity contribution in [2.24, 2.45) is 5.92 Å². The second-order valence-corrected chi connectivity index (χ2v) is 6.59. The molecule has 0 saturated carbocycles. The van der Waals surface area contributed by atoms with Gasteiger partial charge in [0.15, 0.2) is 0 Å². The molecule has 0 spiro atoms. The summed E-state index contributed by atoms with van der Waals surface area (Å²) in [4.78, 5) is 11.0. The fraction of sp³-hybridized carbons (Fsp3) is 0.500. The largest absolute Gasteiger partial charge is 0.481 e. The summed E-state index contributed by atoms with van der Waals surface area (Å²) in [7, 11) is -3.91. The lowest BCUT2D eigenvalue weighted by molar-refractivity contribution is -0.143. The van der Waals surface area contributed by atoms with E-state index in [1.807, 2.05) is 0 Å². The maximum absolute atomic E-state index is 12.4. The summed E-state index contributed by atoms with van der Waals surface area (Å²) in [6.07, 6.45) is 0.923. The van der Waals surface area contributed by atoms with Gasteiger partial charge in [-0.05, 0) is 31.9 Å². The molecule has 0 amide bonds. The zero-order valence-electron chi connectivity index (χ0n) is 10.8. The molecule has 1 N–H and O–H groups in total. The summed E-state index contributed by atoms with van der Waals surface area (Å²) >= 11 is 0. The van der Waals surface area contributed by atoms with Gasteiger partial charge in [-0.1, -0.05) is 0 Å². The van der Waals surface area contributed by atoms with Gasteiger partial charge >= 0.3 is 5.97 Å². The number of hydrogen-bond donors (Lipinski definition) is 1. The lowest BCUT2D eigenvalue weighted by Gasteiger charge is -2.34. The molecule has 0 aliphatic carbocycles. The third kappa shape index (κ3) is 2.55. The first-order chi connectivity index (χ1) is 9.36. The van der Waals surface area contributed by atoms with E-state index >= 15 is 0 Å². The Morgan fingerprint density at radius 2 is 2.20 bits per heavy atom. The third-order valence-electron chi connectivity index (χ3n) is 3.43. The molecular formula is C12H14N2O5S. The SMILES string of the molecule is CC1CCC(C(=O)O)CN1S(=O)(=O)c1ccc(C#N)o1. The van der Waals surface area contributed by atoms with Gasteiger partial charge in [0.2, 0.25) is 10.9 Å². The summed E-state index contributed by atoms with van der Waals surface area (Å²) in [6, 6.07) is 3.90. The molecule has 1 aliphatic heterocycles. The van der Waals surface area contributed by atoms with Crippen molar-refractivity contribution in [1.29, 1.82) is 5.26 Å². The van der Waals surface area contributed by atoms with Crippen LogP contribution in [0, 0.1) is 17.2 Å². The molecule has 2 atom stereocenters. The van der Waals surface area contributed by atoms with Gasteiger partial charge in [0.25, 0.3) is 10.0 Å². The zero-order valence-corrected chi connectivity index (χ0v) is 11.6. The van der Waals surface area contributed by atoms with Crippen molar-refractivity contribution in [1.82, 2.24) is 4.31 Å². The molecule has 1 fully saturated rings. The summed E-state index contributed by atoms with van der Waals surface area (Å²) in [5, 5.41) is 17.4. The van der Waals surface area contributed by atoms with Crippen LogP contribution < -0.4 is 0 Å². The average Bonchev–Trinajstić information content (AvgIpc) is 2.88. The molecule has 2 unspecified atom stereocenters. The van der Waals surface area contributed by atoms with Gasteiger partial charge in [-0.15, -0.1) is 0 Å². The number of sulfonamides is 1. The molecule has 8 heteroatoms. The van der Waals surface area contributed by atoms with Crippen molar-refractivity contribution in [2.75, 3.05) is 6.54 Å². The maximum atomic E-state index is 12.4. The smallest absolute Gasteiger partial charge is 0.307 e. The second-order valence-electron chi connectivity index (χ2n) is 4.77. The number of piperidine rings is 1. The average molecular weight is 298 g/mol. The first-order valence-corrected chi connectivity index (χ1v) is 7.55. The topological polar surface area (TPSA) is 112 Å². The van der Waals surface area contributed by atoms with Crippen molar-refractivity contribution >= 4 is 16.0 Å². The maximum Gasteiger partial charge on any atom is 0.307 e. The first kappa shape index (κ1) is 14.6. The quantitative estimate of drug-likeness (QED) is 0.891. The van der Waals surface area contributed by atoms with Crippen LogP contribution in [-0.2, 0) is 14.8 Å². The Morgan fingerprint density at radius 1 is 1.50 bits per heavy atom. The Labute approximate surface area is 116 Å². The van der Waals surface area contributed by atoms with Crippen molar-refractivity contribution in [2.45, 2.75) is 30.9 Å². The van der Waals surface area contributed by atoms with E-state index in [0.29, 0.717) is 12.8 Å². The van der Waals surface area contributed by atoms with Crippen molar-refractivity contribution in [3.63, 3.8) is 0 Å². The van der Waals surface area contributed by atoms with Gasteiger partial charge in [-0.2, -0.15) is 9.57 Å². The molecule has 2 rings (SSSR count). The van der Waals surface area contributed by atoms with E-state index in [2.05, 4.69) is 0 Å². The Hall–Kier alpha value is -1.85. The van der Waals surface area contributed by atoms with Crippen LogP contribution in [0.4, 0.5) is 0 Å². The van der Waals surface area contributed by atoms with Crippen LogP contribution in [0.2, 0.25) is 0 Å². The molecule has 20 heavy (non-hydrogen) atoms. The van der Waals surface area contributed by atoms with Crippen LogP contribution in [0.25, 0.3) is 0 Å². The van der Waals surface area contributed by atoms with Crippen molar-refractivity contribution in [3.05, 3.63) is 17.9 Å². The number of carbonyl (C=O) groups is 1. The lowest BCUT2D eigenvalue weighted by atomic mass is 9.96. The minimum atomic E-state index is -3.91. The van der Waals surface area contributed by atoms with E-state index in [4.69, 9.17) is 14.8 Å². The van der Waals surface area contributed by atoms with Crippen LogP contribution >= 0.6 is 0 Å². The van der Waals surface area contributed by atoms with Crippen LogP contribution in [0.3, 0.4) is 0 Å². The van der Waals surface area contributed by atoms with Gasteiger partial charge in [-0.3, -0.25) is 4.79 Å². The molecular weight excluding hydrogens is 284 g/mol. The fourth-order valence-corrected chi connectivity index (χ4v) is 3.87. The summed E-state index contributed by atoms with van der Waals surface area (Å²) in [5.41, 5.74) is 0. The minimum Gasteiger partial charge on any atom is -0.481 e. The molecule has 7 nitrogen and oxygen atoms in total. The summed E-state index contributed by atoms with van der Waals surface area (Å²) < 4.78 is 30.9. The highest BCUT2D eigenvalue weighted by Gasteiger charge is 2.38. The molecule has 0 bridgehead atoms. The Morgan fingerprint density at radius 3 is 2.75 bits per heavy atom. The number of hydrogen-bond acceptors (Lipinski definition) is 5. The summed E-state index contributed by atoms with van der Waals surface area (Å²) in [6.45, 7) is 1.64. The standard InChI is InChI=1S/C12H14N2O5S/c1-8-2-3-9(12(15)16)7-14(8)20(17,18)11-5-4-10(6-13)19-11/h4-5,8-9H,2-3,7H2,1H3,(H,15,16). The molecule has 108 valence electrons. The first-order valence-electron chi connectivity index (χ1n) is 6.11. The molecule has 1 aromatic rings. The van der Waals surface area contributed by atoms with E-state index in [-0.39, 0.29) is 23.4 Å². The van der Waals surface area contributed by atoms with Crippen LogP contribution in [-0.4, -0.2) is 36.4 Å². The number of furan rings is 1. The predicted molar refractivity (Wildman–Crippen MR) is 67.1 cm³/mol. The monoisotopic (exact) mass is 298 g/mol. The number of carboxylic acid groups (broad SMARTS) is 1. The van der Waals surface area contributed by atoms with Gasteiger partial charge in [0.05, 0.1) is 5.92 Å². The van der Waals surface area contributed by atoms with Gasteiger partial charge in [0, 0.05) is 12.6 Å². The third-order valence-corrected chi connectivity index (χ3v) is 5.28. The van der Waals surface area contributed by atoms with Crippen LogP contribution in [0.5, 0.6) is 0 Å². The van der Waals surface area contributed by atoms with Gasteiger partial charge in [-0.25, -0.2) is 8.42 Å². The minimum absolute atomic E-state index is 0.0819. The number of rotatable bonds is 3.